The van der Waals surface area contributed by atoms with Crippen molar-refractivity contribution < 1.29 is 0 Å². The average Bonchev–Trinajstić information content (AvgIpc) is 1.91. The van der Waals surface area contributed by atoms with Crippen molar-refractivity contribution in [1.29, 1.82) is 0 Å². The summed E-state index contributed by atoms with van der Waals surface area (Å²) in [5.41, 5.74) is 1.03. The molecule has 0 unspecified atom stereocenters. The van der Waals surface area contributed by atoms with Gasteiger partial charge in [0.25, 0.3) is 0 Å². The highest BCUT2D eigenvalue weighted by molar-refractivity contribution is 5.45. The lowest BCUT2D eigenvalue weighted by Gasteiger charge is -1.85. The maximum Gasteiger partial charge on any atom is 0.0964 e. The Balaban J connectivity index is 2.85. The summed E-state index contributed by atoms with van der Waals surface area (Å²) in [7, 11) is 0. The second-order valence-corrected chi connectivity index (χ2v) is 1.70. The van der Waals surface area contributed by atoms with Gasteiger partial charge in [0.1, 0.15) is 0 Å². The van der Waals surface area contributed by atoms with E-state index in [0.29, 0.717) is 0 Å². The van der Waals surface area contributed by atoms with Crippen molar-refractivity contribution in [3.63, 3.8) is 0 Å². The molecule has 0 spiro atoms. The van der Waals surface area contributed by atoms with Gasteiger partial charge in [-0.25, -0.2) is 0 Å². The molecular weight excluding hydrogens is 110 g/mol. The third kappa shape index (κ3) is 1.68. The SMILES string of the molecule is CC=Cc1[c]nccc1. The summed E-state index contributed by atoms with van der Waals surface area (Å²) >= 11 is 0. The summed E-state index contributed by atoms with van der Waals surface area (Å²) in [5, 5.41) is 0. The molecule has 0 aliphatic heterocycles. The monoisotopic (exact) mass is 118 g/mol. The smallest absolute Gasteiger partial charge is 0.0964 e. The van der Waals surface area contributed by atoms with Gasteiger partial charge in [-0.2, -0.15) is 0 Å². The summed E-state index contributed by atoms with van der Waals surface area (Å²) in [6, 6.07) is 3.86. The number of pyridine rings is 1. The van der Waals surface area contributed by atoms with Gasteiger partial charge >= 0.3 is 0 Å². The summed E-state index contributed by atoms with van der Waals surface area (Å²) in [5.74, 6) is 0. The van der Waals surface area contributed by atoms with Crippen LogP contribution in [0.5, 0.6) is 0 Å². The number of nitrogens with zero attached hydrogens (tertiary/aromatic N) is 1. The van der Waals surface area contributed by atoms with Gasteiger partial charge in [0, 0.05) is 11.8 Å². The molecule has 0 bridgehead atoms. The third-order valence-corrected chi connectivity index (χ3v) is 0.976. The van der Waals surface area contributed by atoms with Gasteiger partial charge in [0.2, 0.25) is 0 Å². The normalized spacial score (nSPS) is 10.3. The molecule has 0 aliphatic rings. The maximum atomic E-state index is 3.83. The first-order valence-corrected chi connectivity index (χ1v) is 2.89. The van der Waals surface area contributed by atoms with Gasteiger partial charge in [0.15, 0.2) is 0 Å². The van der Waals surface area contributed by atoms with Crippen molar-refractivity contribution in [2.75, 3.05) is 0 Å². The summed E-state index contributed by atoms with van der Waals surface area (Å²) < 4.78 is 0. The molecule has 0 atom stereocenters. The molecule has 0 fully saturated rings. The molecule has 1 rings (SSSR count). The van der Waals surface area contributed by atoms with Crippen LogP contribution in [-0.2, 0) is 0 Å². The lowest BCUT2D eigenvalue weighted by atomic mass is 10.3. The van der Waals surface area contributed by atoms with Crippen LogP contribution < -0.4 is 0 Å². The van der Waals surface area contributed by atoms with E-state index in [2.05, 4.69) is 11.2 Å². The van der Waals surface area contributed by atoms with E-state index in [1.165, 1.54) is 0 Å². The molecule has 1 aromatic heterocycles. The summed E-state index contributed by atoms with van der Waals surface area (Å²) in [6.45, 7) is 1.97. The fraction of sp³-hybridized carbons (Fsp3) is 0.125. The molecule has 0 saturated heterocycles. The lowest BCUT2D eigenvalue weighted by molar-refractivity contribution is 1.30. The van der Waals surface area contributed by atoms with E-state index in [1.807, 2.05) is 31.2 Å². The van der Waals surface area contributed by atoms with Crippen LogP contribution in [0.25, 0.3) is 6.08 Å². The van der Waals surface area contributed by atoms with Crippen LogP contribution in [0.1, 0.15) is 12.5 Å². The Hall–Kier alpha value is -1.11. The van der Waals surface area contributed by atoms with E-state index in [9.17, 15) is 0 Å². The topological polar surface area (TPSA) is 12.9 Å². The zero-order valence-corrected chi connectivity index (χ0v) is 5.33. The number of allylic oxidation sites excluding steroid dienone is 1. The summed E-state index contributed by atoms with van der Waals surface area (Å²) in [4.78, 5) is 3.83. The molecule has 0 amide bonds. The van der Waals surface area contributed by atoms with E-state index >= 15 is 0 Å². The third-order valence-electron chi connectivity index (χ3n) is 0.976. The zero-order chi connectivity index (χ0) is 6.53. The highest BCUT2D eigenvalue weighted by Crippen LogP contribution is 1.95. The Morgan fingerprint density at radius 1 is 1.67 bits per heavy atom. The number of aromatic nitrogens is 1. The highest BCUT2D eigenvalue weighted by Gasteiger charge is 1.80. The van der Waals surface area contributed by atoms with Crippen molar-refractivity contribution in [2.45, 2.75) is 6.92 Å². The highest BCUT2D eigenvalue weighted by atomic mass is 14.6. The minimum Gasteiger partial charge on any atom is -0.254 e. The van der Waals surface area contributed by atoms with Crippen molar-refractivity contribution in [3.8, 4) is 0 Å². The van der Waals surface area contributed by atoms with Gasteiger partial charge in [-0.15, -0.1) is 0 Å². The lowest BCUT2D eigenvalue weighted by Crippen LogP contribution is -1.72. The largest absolute Gasteiger partial charge is 0.254 e. The van der Waals surface area contributed by atoms with Gasteiger partial charge in [-0.1, -0.05) is 18.2 Å². The zero-order valence-electron chi connectivity index (χ0n) is 5.33. The van der Waals surface area contributed by atoms with Crippen LogP contribution in [0.4, 0.5) is 0 Å². The quantitative estimate of drug-likeness (QED) is 0.549. The van der Waals surface area contributed by atoms with Crippen molar-refractivity contribution in [3.05, 3.63) is 36.2 Å². The second kappa shape index (κ2) is 3.02. The van der Waals surface area contributed by atoms with Gasteiger partial charge in [0.05, 0.1) is 6.20 Å². The van der Waals surface area contributed by atoms with Crippen LogP contribution >= 0.6 is 0 Å². The molecular formula is C8H8N. The van der Waals surface area contributed by atoms with Crippen molar-refractivity contribution in [1.82, 2.24) is 4.98 Å². The fourth-order valence-corrected chi connectivity index (χ4v) is 0.611. The first-order chi connectivity index (χ1) is 4.43. The first kappa shape index (κ1) is 6.02. The number of hydrogen-bond acceptors (Lipinski definition) is 1. The van der Waals surface area contributed by atoms with E-state index < -0.39 is 0 Å². The predicted molar refractivity (Wildman–Crippen MR) is 37.8 cm³/mol. The van der Waals surface area contributed by atoms with Gasteiger partial charge in [-0.05, 0) is 13.0 Å². The van der Waals surface area contributed by atoms with E-state index in [4.69, 9.17) is 0 Å². The van der Waals surface area contributed by atoms with Crippen LogP contribution in [-0.4, -0.2) is 4.98 Å². The summed E-state index contributed by atoms with van der Waals surface area (Å²) in [6.07, 6.45) is 8.48. The van der Waals surface area contributed by atoms with Crippen LogP contribution in [0.15, 0.2) is 24.4 Å². The van der Waals surface area contributed by atoms with Gasteiger partial charge < -0.3 is 0 Å². The first-order valence-electron chi connectivity index (χ1n) is 2.89. The van der Waals surface area contributed by atoms with E-state index in [0.717, 1.165) is 5.56 Å². The Morgan fingerprint density at radius 2 is 2.56 bits per heavy atom. The average molecular weight is 118 g/mol. The molecule has 1 heteroatoms. The molecule has 1 aromatic rings. The van der Waals surface area contributed by atoms with Crippen molar-refractivity contribution >= 4 is 6.08 Å². The van der Waals surface area contributed by atoms with Crippen LogP contribution in [0.3, 0.4) is 0 Å². The Labute approximate surface area is 55.1 Å². The number of rotatable bonds is 1. The van der Waals surface area contributed by atoms with E-state index in [1.54, 1.807) is 6.20 Å². The molecule has 0 aromatic carbocycles. The van der Waals surface area contributed by atoms with Crippen LogP contribution in [0, 0.1) is 6.20 Å². The Bertz CT molecular complexity index is 189. The molecule has 45 valence electrons. The second-order valence-electron chi connectivity index (χ2n) is 1.70. The fourth-order valence-electron chi connectivity index (χ4n) is 0.611. The molecule has 0 N–H and O–H groups in total. The minimum absolute atomic E-state index is 1.03. The van der Waals surface area contributed by atoms with E-state index in [-0.39, 0.29) is 0 Å². The van der Waals surface area contributed by atoms with Crippen molar-refractivity contribution in [2.24, 2.45) is 0 Å². The van der Waals surface area contributed by atoms with Crippen LogP contribution in [0.2, 0.25) is 0 Å². The molecule has 0 aliphatic carbocycles. The molecule has 9 heavy (non-hydrogen) atoms. The Morgan fingerprint density at radius 3 is 3.11 bits per heavy atom. The standard InChI is InChI=1S/C8H8N/c1-2-4-8-5-3-6-9-7-8/h2-6H,1H3. The maximum absolute atomic E-state index is 3.83. The molecule has 1 nitrogen and oxygen atoms in total. The minimum atomic E-state index is 1.03. The Kier molecular flexibility index (Phi) is 2.02. The molecule has 1 heterocycles. The van der Waals surface area contributed by atoms with Gasteiger partial charge in [-0.3, -0.25) is 4.98 Å². The molecule has 0 saturated carbocycles. The number of hydrogen-bond donors (Lipinski definition) is 0. The predicted octanol–water partition coefficient (Wildman–Crippen LogP) is 1.91. The molecule has 1 radical (unpaired) electrons.